The van der Waals surface area contributed by atoms with Crippen LogP contribution in [-0.4, -0.2) is 38.2 Å². The van der Waals surface area contributed by atoms with E-state index >= 15 is 0 Å². The number of carboxylic acid groups (broad SMARTS) is 1. The molecule has 2 rings (SSSR count). The summed E-state index contributed by atoms with van der Waals surface area (Å²) in [4.78, 5) is 23.7. The Labute approximate surface area is 91.0 Å². The number of carbonyl (C=O) groups is 2. The van der Waals surface area contributed by atoms with Crippen molar-refractivity contribution in [2.24, 2.45) is 0 Å². The number of aryl methyl sites for hydroxylation is 1. The highest BCUT2D eigenvalue weighted by molar-refractivity contribution is 5.87. The average molecular weight is 225 g/mol. The Balaban J connectivity index is 2.16. The predicted molar refractivity (Wildman–Crippen MR) is 50.2 cm³/mol. The molecule has 0 bridgehead atoms. The van der Waals surface area contributed by atoms with E-state index < -0.39 is 12.0 Å². The minimum absolute atomic E-state index is 0.144. The van der Waals surface area contributed by atoms with Crippen LogP contribution in [-0.2, 0) is 16.1 Å². The highest BCUT2D eigenvalue weighted by Crippen LogP contribution is 2.21. The number of rotatable bonds is 3. The maximum absolute atomic E-state index is 11.5. The van der Waals surface area contributed by atoms with E-state index in [1.54, 1.807) is 6.92 Å². The van der Waals surface area contributed by atoms with Crippen molar-refractivity contribution in [3.8, 4) is 0 Å². The van der Waals surface area contributed by atoms with Gasteiger partial charge in [0.15, 0.2) is 0 Å². The minimum Gasteiger partial charge on any atom is -0.480 e. The molecule has 1 amide bonds. The van der Waals surface area contributed by atoms with Gasteiger partial charge in [0.05, 0.1) is 6.54 Å². The van der Waals surface area contributed by atoms with Crippen molar-refractivity contribution in [2.45, 2.75) is 32.4 Å². The van der Waals surface area contributed by atoms with Crippen molar-refractivity contribution >= 4 is 11.9 Å². The van der Waals surface area contributed by atoms with Crippen LogP contribution < -0.4 is 0 Å². The third kappa shape index (κ3) is 1.75. The van der Waals surface area contributed by atoms with Gasteiger partial charge in [-0.2, -0.15) is 0 Å². The van der Waals surface area contributed by atoms with Crippen LogP contribution in [0, 0.1) is 6.92 Å². The average Bonchev–Trinajstić information content (AvgIpc) is 2.76. The molecule has 1 aliphatic rings. The third-order valence-corrected chi connectivity index (χ3v) is 2.68. The minimum atomic E-state index is -0.986. The molecule has 7 nitrogen and oxygen atoms in total. The first kappa shape index (κ1) is 10.6. The molecule has 0 saturated carbocycles. The van der Waals surface area contributed by atoms with Gasteiger partial charge in [0.2, 0.25) is 5.91 Å². The molecular formula is C9H11N3O4. The third-order valence-electron chi connectivity index (χ3n) is 2.68. The van der Waals surface area contributed by atoms with Gasteiger partial charge in [0.1, 0.15) is 17.4 Å². The van der Waals surface area contributed by atoms with Crippen LogP contribution in [0.4, 0.5) is 0 Å². The SMILES string of the molecule is Cc1nonc1CN1C(=O)CCC1C(=O)O. The van der Waals surface area contributed by atoms with Crippen LogP contribution in [0.15, 0.2) is 4.63 Å². The zero-order chi connectivity index (χ0) is 11.7. The van der Waals surface area contributed by atoms with E-state index in [4.69, 9.17) is 5.11 Å². The molecule has 2 heterocycles. The molecular weight excluding hydrogens is 214 g/mol. The Hall–Kier alpha value is -1.92. The molecule has 1 fully saturated rings. The Kier molecular flexibility index (Phi) is 2.59. The van der Waals surface area contributed by atoms with Gasteiger partial charge in [-0.05, 0) is 13.3 Å². The van der Waals surface area contributed by atoms with Crippen molar-refractivity contribution in [1.82, 2.24) is 15.2 Å². The van der Waals surface area contributed by atoms with Gasteiger partial charge in [-0.15, -0.1) is 0 Å². The summed E-state index contributed by atoms with van der Waals surface area (Å²) < 4.78 is 4.50. The first-order chi connectivity index (χ1) is 7.59. The molecule has 16 heavy (non-hydrogen) atoms. The highest BCUT2D eigenvalue weighted by atomic mass is 16.6. The molecule has 1 unspecified atom stereocenters. The number of hydrogen-bond donors (Lipinski definition) is 1. The summed E-state index contributed by atoms with van der Waals surface area (Å²) in [6.45, 7) is 1.84. The Morgan fingerprint density at radius 1 is 1.62 bits per heavy atom. The van der Waals surface area contributed by atoms with Crippen LogP contribution in [0.3, 0.4) is 0 Å². The Morgan fingerprint density at radius 2 is 2.38 bits per heavy atom. The van der Waals surface area contributed by atoms with Crippen LogP contribution >= 0.6 is 0 Å². The van der Waals surface area contributed by atoms with Crippen LogP contribution in [0.1, 0.15) is 24.2 Å². The number of aromatic nitrogens is 2. The first-order valence-corrected chi connectivity index (χ1v) is 4.90. The van der Waals surface area contributed by atoms with Crippen LogP contribution in [0.2, 0.25) is 0 Å². The summed E-state index contributed by atoms with van der Waals surface area (Å²) in [5.41, 5.74) is 1.07. The number of likely N-dealkylation sites (tertiary alicyclic amines) is 1. The molecule has 1 aromatic rings. The molecule has 1 atom stereocenters. The molecule has 0 radical (unpaired) electrons. The van der Waals surface area contributed by atoms with E-state index in [2.05, 4.69) is 14.9 Å². The van der Waals surface area contributed by atoms with Crippen molar-refractivity contribution < 1.29 is 19.3 Å². The summed E-state index contributed by atoms with van der Waals surface area (Å²) in [5.74, 6) is -1.16. The lowest BCUT2D eigenvalue weighted by Crippen LogP contribution is -2.38. The van der Waals surface area contributed by atoms with Crippen LogP contribution in [0.25, 0.3) is 0 Å². The van der Waals surface area contributed by atoms with E-state index in [9.17, 15) is 9.59 Å². The fourth-order valence-corrected chi connectivity index (χ4v) is 1.74. The van der Waals surface area contributed by atoms with Gasteiger partial charge in [-0.3, -0.25) is 4.79 Å². The Morgan fingerprint density at radius 3 is 2.94 bits per heavy atom. The van der Waals surface area contributed by atoms with Gasteiger partial charge in [-0.1, -0.05) is 10.3 Å². The van der Waals surface area contributed by atoms with Gasteiger partial charge in [0.25, 0.3) is 0 Å². The fraction of sp³-hybridized carbons (Fsp3) is 0.556. The van der Waals surface area contributed by atoms with Gasteiger partial charge >= 0.3 is 5.97 Å². The standard InChI is InChI=1S/C9H11N3O4/c1-5-6(11-16-10-5)4-12-7(9(14)15)2-3-8(12)13/h7H,2-4H2,1H3,(H,14,15). The molecule has 1 N–H and O–H groups in total. The van der Waals surface area contributed by atoms with Crippen molar-refractivity contribution in [3.05, 3.63) is 11.4 Å². The fourth-order valence-electron chi connectivity index (χ4n) is 1.74. The zero-order valence-corrected chi connectivity index (χ0v) is 8.71. The molecule has 0 spiro atoms. The van der Waals surface area contributed by atoms with E-state index in [0.717, 1.165) is 0 Å². The van der Waals surface area contributed by atoms with E-state index in [0.29, 0.717) is 17.8 Å². The number of carboxylic acids is 1. The highest BCUT2D eigenvalue weighted by Gasteiger charge is 2.36. The molecule has 1 aliphatic heterocycles. The molecule has 86 valence electrons. The molecule has 1 saturated heterocycles. The van der Waals surface area contributed by atoms with E-state index in [-0.39, 0.29) is 18.9 Å². The summed E-state index contributed by atoms with van der Waals surface area (Å²) in [6.07, 6.45) is 0.611. The zero-order valence-electron chi connectivity index (χ0n) is 8.71. The topological polar surface area (TPSA) is 96.5 Å². The second-order valence-electron chi connectivity index (χ2n) is 3.71. The molecule has 0 aliphatic carbocycles. The maximum Gasteiger partial charge on any atom is 0.326 e. The summed E-state index contributed by atoms with van der Waals surface area (Å²) in [7, 11) is 0. The van der Waals surface area contributed by atoms with Gasteiger partial charge < -0.3 is 10.0 Å². The van der Waals surface area contributed by atoms with E-state index in [1.165, 1.54) is 4.90 Å². The van der Waals surface area contributed by atoms with Gasteiger partial charge in [0, 0.05) is 6.42 Å². The summed E-state index contributed by atoms with van der Waals surface area (Å²) in [5, 5.41) is 16.2. The monoisotopic (exact) mass is 225 g/mol. The normalized spacial score (nSPS) is 20.4. The molecule has 0 aromatic carbocycles. The van der Waals surface area contributed by atoms with Crippen LogP contribution in [0.5, 0.6) is 0 Å². The lowest BCUT2D eigenvalue weighted by Gasteiger charge is -2.19. The molecule has 7 heteroatoms. The van der Waals surface area contributed by atoms with Crippen molar-refractivity contribution in [2.75, 3.05) is 0 Å². The lowest BCUT2D eigenvalue weighted by atomic mass is 10.2. The van der Waals surface area contributed by atoms with E-state index in [1.807, 2.05) is 0 Å². The largest absolute Gasteiger partial charge is 0.480 e. The number of amides is 1. The second-order valence-corrected chi connectivity index (χ2v) is 3.71. The maximum atomic E-state index is 11.5. The number of hydrogen-bond acceptors (Lipinski definition) is 5. The second kappa shape index (κ2) is 3.92. The predicted octanol–water partition coefficient (Wildman–Crippen LogP) is -0.0464. The molecule has 1 aromatic heterocycles. The smallest absolute Gasteiger partial charge is 0.326 e. The van der Waals surface area contributed by atoms with Crippen molar-refractivity contribution in [1.29, 1.82) is 0 Å². The lowest BCUT2D eigenvalue weighted by molar-refractivity contribution is -0.146. The summed E-state index contributed by atoms with van der Waals surface area (Å²) in [6, 6.07) is -0.761. The van der Waals surface area contributed by atoms with Gasteiger partial charge in [-0.25, -0.2) is 9.42 Å². The number of carbonyl (C=O) groups excluding carboxylic acids is 1. The number of nitrogens with zero attached hydrogens (tertiary/aromatic N) is 3. The van der Waals surface area contributed by atoms with Crippen molar-refractivity contribution in [3.63, 3.8) is 0 Å². The number of aliphatic carboxylic acids is 1. The quantitative estimate of drug-likeness (QED) is 0.774. The first-order valence-electron chi connectivity index (χ1n) is 4.90. The summed E-state index contributed by atoms with van der Waals surface area (Å²) >= 11 is 0. The Bertz CT molecular complexity index is 428.